The number of thiophene rings is 2. The van der Waals surface area contributed by atoms with E-state index in [1.54, 1.807) is 22.7 Å². The molecule has 294 valence electrons. The van der Waals surface area contributed by atoms with Crippen molar-refractivity contribution in [1.29, 1.82) is 0 Å². The number of aromatic nitrogens is 2. The molecule has 0 atom stereocenters. The molecule has 13 rings (SSSR count). The van der Waals surface area contributed by atoms with Crippen LogP contribution in [-0.4, -0.2) is 9.97 Å². The topological polar surface area (TPSA) is 29.0 Å². The molecule has 4 aromatic heterocycles. The van der Waals surface area contributed by atoms with Gasteiger partial charge in [0.15, 0.2) is 0 Å². The maximum Gasteiger partial charge on any atom is 0.125 e. The van der Waals surface area contributed by atoms with Crippen LogP contribution >= 0.6 is 22.7 Å². The Hall–Kier alpha value is -7.70. The summed E-state index contributed by atoms with van der Waals surface area (Å²) in [6.45, 7) is 0. The molecule has 0 aliphatic rings. The number of anilines is 3. The van der Waals surface area contributed by atoms with Gasteiger partial charge < -0.3 is 4.90 Å². The first-order valence-corrected chi connectivity index (χ1v) is 22.8. The highest BCUT2D eigenvalue weighted by molar-refractivity contribution is 7.25. The number of benzene rings is 9. The quantitative estimate of drug-likeness (QED) is 0.156. The molecule has 4 heterocycles. The molecule has 5 heteroatoms. The molecule has 0 unspecified atom stereocenters. The Bertz CT molecular complexity index is 3760. The molecule has 63 heavy (non-hydrogen) atoms. The van der Waals surface area contributed by atoms with E-state index in [4.69, 9.17) is 9.97 Å². The third-order valence-corrected chi connectivity index (χ3v) is 14.7. The van der Waals surface area contributed by atoms with Gasteiger partial charge in [0.05, 0.1) is 11.4 Å². The number of hydrogen-bond acceptors (Lipinski definition) is 5. The lowest BCUT2D eigenvalue weighted by molar-refractivity contribution is 1.28. The van der Waals surface area contributed by atoms with Crippen molar-refractivity contribution in [3.05, 3.63) is 212 Å². The van der Waals surface area contributed by atoms with Crippen molar-refractivity contribution in [1.82, 2.24) is 9.97 Å². The third kappa shape index (κ3) is 6.16. The molecule has 13 aromatic rings. The molecule has 0 aliphatic heterocycles. The van der Waals surface area contributed by atoms with Crippen LogP contribution < -0.4 is 4.90 Å². The lowest BCUT2D eigenvalue weighted by Gasteiger charge is -2.26. The molecule has 9 aromatic carbocycles. The predicted octanol–water partition coefficient (Wildman–Crippen LogP) is 17.1. The van der Waals surface area contributed by atoms with Gasteiger partial charge in [-0.05, 0) is 128 Å². The van der Waals surface area contributed by atoms with E-state index in [2.05, 4.69) is 217 Å². The monoisotopic (exact) mass is 837 g/mol. The first-order valence-electron chi connectivity index (χ1n) is 21.2. The zero-order chi connectivity index (χ0) is 41.4. The van der Waals surface area contributed by atoms with Gasteiger partial charge in [0.25, 0.3) is 0 Å². The van der Waals surface area contributed by atoms with Crippen LogP contribution in [0.2, 0.25) is 0 Å². The lowest BCUT2D eigenvalue weighted by Crippen LogP contribution is -2.10. The molecule has 0 radical (unpaired) electrons. The summed E-state index contributed by atoms with van der Waals surface area (Å²) >= 11 is 3.50. The summed E-state index contributed by atoms with van der Waals surface area (Å²) in [6, 6.07) is 77.1. The highest BCUT2D eigenvalue weighted by Crippen LogP contribution is 2.41. The molecule has 0 N–H and O–H groups in total. The first-order chi connectivity index (χ1) is 31.2. The standard InChI is InChI=1S/C58H35N3S2/c1-2-8-39-33-40(14-13-36(39)7-1)41-21-27-47-42(34-41)15-16-43-35-46(26-28-48(43)47)61(44-22-17-37(18-23-44)53-31-29-51-49-9-3-5-11-55(49)62-57(51)59-53)45-24-19-38(20-25-45)54-32-30-52-50-10-4-6-12-56(50)63-58(52)60-54/h1-35H. The van der Waals surface area contributed by atoms with Gasteiger partial charge in [0, 0.05) is 59.1 Å². The fraction of sp³-hybridized carbons (Fsp3) is 0. The Morgan fingerprint density at radius 2 is 0.714 bits per heavy atom. The minimum absolute atomic E-state index is 0.973. The minimum atomic E-state index is 0.973. The Morgan fingerprint density at radius 1 is 0.286 bits per heavy atom. The number of rotatable bonds is 6. The van der Waals surface area contributed by atoms with Gasteiger partial charge in [-0.15, -0.1) is 22.7 Å². The van der Waals surface area contributed by atoms with Gasteiger partial charge >= 0.3 is 0 Å². The maximum absolute atomic E-state index is 5.14. The SMILES string of the molecule is c1ccc2cc(-c3ccc4c(ccc5cc(N(c6ccc(-c7ccc8c(n7)sc7ccccc78)cc6)c6ccc(-c7ccc8c(n7)sc7ccccc78)cc6)ccc54)c3)ccc2c1. The molecule has 0 saturated carbocycles. The average molecular weight is 838 g/mol. The van der Waals surface area contributed by atoms with Crippen LogP contribution in [0.5, 0.6) is 0 Å². The van der Waals surface area contributed by atoms with Crippen molar-refractivity contribution < 1.29 is 0 Å². The van der Waals surface area contributed by atoms with Gasteiger partial charge in [0.2, 0.25) is 0 Å². The lowest BCUT2D eigenvalue weighted by atomic mass is 9.96. The second-order valence-corrected chi connectivity index (χ2v) is 18.3. The van der Waals surface area contributed by atoms with Crippen LogP contribution in [0, 0.1) is 0 Å². The minimum Gasteiger partial charge on any atom is -0.310 e. The smallest absolute Gasteiger partial charge is 0.125 e. The van der Waals surface area contributed by atoms with Gasteiger partial charge in [-0.3, -0.25) is 0 Å². The van der Waals surface area contributed by atoms with E-state index in [0.29, 0.717) is 0 Å². The zero-order valence-electron chi connectivity index (χ0n) is 33.9. The molecule has 0 saturated heterocycles. The van der Waals surface area contributed by atoms with Crippen LogP contribution in [0.3, 0.4) is 0 Å². The van der Waals surface area contributed by atoms with Gasteiger partial charge in [-0.2, -0.15) is 0 Å². The van der Waals surface area contributed by atoms with Gasteiger partial charge in [0.1, 0.15) is 9.66 Å². The first kappa shape index (κ1) is 36.0. The third-order valence-electron chi connectivity index (χ3n) is 12.5. The van der Waals surface area contributed by atoms with Crippen LogP contribution in [-0.2, 0) is 0 Å². The Labute approximate surface area is 371 Å². The van der Waals surface area contributed by atoms with E-state index in [-0.39, 0.29) is 0 Å². The largest absolute Gasteiger partial charge is 0.310 e. The molecule has 0 fully saturated rings. The second kappa shape index (κ2) is 14.5. The van der Waals surface area contributed by atoms with Crippen molar-refractivity contribution in [2.75, 3.05) is 4.90 Å². The molecule has 0 spiro atoms. The van der Waals surface area contributed by atoms with Crippen molar-refractivity contribution in [3.63, 3.8) is 0 Å². The van der Waals surface area contributed by atoms with E-state index in [1.807, 2.05) is 0 Å². The normalized spacial score (nSPS) is 11.8. The number of nitrogens with zero attached hydrogens (tertiary/aromatic N) is 3. The van der Waals surface area contributed by atoms with E-state index < -0.39 is 0 Å². The molecular weight excluding hydrogens is 803 g/mol. The van der Waals surface area contributed by atoms with Gasteiger partial charge in [-0.25, -0.2) is 9.97 Å². The van der Waals surface area contributed by atoms with Crippen LogP contribution in [0.4, 0.5) is 17.1 Å². The summed E-state index contributed by atoms with van der Waals surface area (Å²) in [5, 5.41) is 12.4. The summed E-state index contributed by atoms with van der Waals surface area (Å²) in [6.07, 6.45) is 0. The number of fused-ring (bicyclic) bond motifs is 10. The Morgan fingerprint density at radius 3 is 1.32 bits per heavy atom. The summed E-state index contributed by atoms with van der Waals surface area (Å²) in [4.78, 5) is 14.8. The number of hydrogen-bond donors (Lipinski definition) is 0. The molecule has 0 amide bonds. The van der Waals surface area contributed by atoms with E-state index in [0.717, 1.165) is 49.2 Å². The fourth-order valence-electron chi connectivity index (χ4n) is 9.29. The maximum atomic E-state index is 5.14. The summed E-state index contributed by atoms with van der Waals surface area (Å²) in [5.74, 6) is 0. The number of pyridine rings is 2. The van der Waals surface area contributed by atoms with Crippen molar-refractivity contribution in [2.45, 2.75) is 0 Å². The Kier molecular flexibility index (Phi) is 8.26. The summed E-state index contributed by atoms with van der Waals surface area (Å²) < 4.78 is 2.53. The Balaban J connectivity index is 0.884. The van der Waals surface area contributed by atoms with Crippen LogP contribution in [0.25, 0.3) is 107 Å². The molecule has 3 nitrogen and oxygen atoms in total. The second-order valence-electron chi connectivity index (χ2n) is 16.2. The summed E-state index contributed by atoms with van der Waals surface area (Å²) in [7, 11) is 0. The zero-order valence-corrected chi connectivity index (χ0v) is 35.5. The predicted molar refractivity (Wildman–Crippen MR) is 271 cm³/mol. The molecular formula is C58H35N3S2. The fourth-order valence-corrected chi connectivity index (χ4v) is 11.4. The van der Waals surface area contributed by atoms with Crippen molar-refractivity contribution in [2.24, 2.45) is 0 Å². The van der Waals surface area contributed by atoms with E-state index in [1.165, 1.54) is 74.4 Å². The van der Waals surface area contributed by atoms with Crippen LogP contribution in [0.15, 0.2) is 212 Å². The van der Waals surface area contributed by atoms with Crippen molar-refractivity contribution >= 4 is 113 Å². The highest BCUT2D eigenvalue weighted by Gasteiger charge is 2.17. The van der Waals surface area contributed by atoms with Gasteiger partial charge in [-0.1, -0.05) is 127 Å². The summed E-state index contributed by atoms with van der Waals surface area (Å²) in [5.41, 5.74) is 9.80. The highest BCUT2D eigenvalue weighted by atomic mass is 32.1. The average Bonchev–Trinajstić information content (AvgIpc) is 3.92. The molecule has 0 aliphatic carbocycles. The van der Waals surface area contributed by atoms with E-state index >= 15 is 0 Å². The molecule has 0 bridgehead atoms. The van der Waals surface area contributed by atoms with Crippen LogP contribution in [0.1, 0.15) is 0 Å². The van der Waals surface area contributed by atoms with E-state index in [9.17, 15) is 0 Å². The van der Waals surface area contributed by atoms with Crippen molar-refractivity contribution in [3.8, 4) is 33.6 Å².